The van der Waals surface area contributed by atoms with Crippen LogP contribution in [0.1, 0.15) is 26.2 Å². The molecular formula is C17H25N3O4S. The summed E-state index contributed by atoms with van der Waals surface area (Å²) in [5.74, 6) is -0.222. The van der Waals surface area contributed by atoms with Crippen LogP contribution in [0.5, 0.6) is 0 Å². The maximum absolute atomic E-state index is 12.8. The molecule has 2 atom stereocenters. The van der Waals surface area contributed by atoms with Gasteiger partial charge in [0, 0.05) is 25.3 Å². The minimum atomic E-state index is -3.51. The van der Waals surface area contributed by atoms with Crippen LogP contribution in [-0.4, -0.2) is 57.0 Å². The van der Waals surface area contributed by atoms with E-state index < -0.39 is 16.1 Å². The number of carbonyl (C=O) groups excluding carboxylic acids is 1. The number of piperidine rings is 1. The molecule has 138 valence electrons. The lowest BCUT2D eigenvalue weighted by Gasteiger charge is -2.29. The van der Waals surface area contributed by atoms with Gasteiger partial charge in [0.1, 0.15) is 6.04 Å². The summed E-state index contributed by atoms with van der Waals surface area (Å²) in [4.78, 5) is 12.6. The Bertz CT molecular complexity index is 716. The van der Waals surface area contributed by atoms with Crippen LogP contribution in [-0.2, 0) is 19.6 Å². The third-order valence-electron chi connectivity index (χ3n) is 4.65. The Morgan fingerprint density at radius 2 is 2.04 bits per heavy atom. The molecule has 0 saturated carbocycles. The van der Waals surface area contributed by atoms with Gasteiger partial charge in [-0.05, 0) is 38.0 Å². The fraction of sp³-hybridized carbons (Fsp3) is 0.588. The van der Waals surface area contributed by atoms with Gasteiger partial charge in [-0.1, -0.05) is 12.5 Å². The van der Waals surface area contributed by atoms with Gasteiger partial charge in [-0.25, -0.2) is 8.42 Å². The first-order valence-corrected chi connectivity index (χ1v) is 10.2. The van der Waals surface area contributed by atoms with Crippen molar-refractivity contribution in [3.63, 3.8) is 0 Å². The van der Waals surface area contributed by atoms with Crippen molar-refractivity contribution >= 4 is 21.6 Å². The van der Waals surface area contributed by atoms with E-state index in [-0.39, 0.29) is 16.9 Å². The molecule has 2 aliphatic heterocycles. The predicted molar refractivity (Wildman–Crippen MR) is 94.9 cm³/mol. The molecule has 3 rings (SSSR count). The van der Waals surface area contributed by atoms with Gasteiger partial charge < -0.3 is 15.4 Å². The topological polar surface area (TPSA) is 87.7 Å². The molecule has 1 amide bonds. The Kier molecular flexibility index (Phi) is 5.73. The van der Waals surface area contributed by atoms with Gasteiger partial charge in [0.2, 0.25) is 15.9 Å². The summed E-state index contributed by atoms with van der Waals surface area (Å²) in [5, 5.41) is 5.91. The summed E-state index contributed by atoms with van der Waals surface area (Å²) in [6.07, 6.45) is 2.62. The van der Waals surface area contributed by atoms with Crippen molar-refractivity contribution in [3.8, 4) is 0 Å². The van der Waals surface area contributed by atoms with Crippen molar-refractivity contribution in [2.75, 3.05) is 31.6 Å². The predicted octanol–water partition coefficient (Wildman–Crippen LogP) is 1.18. The van der Waals surface area contributed by atoms with Crippen molar-refractivity contribution in [3.05, 3.63) is 24.3 Å². The van der Waals surface area contributed by atoms with E-state index in [9.17, 15) is 13.2 Å². The lowest BCUT2D eigenvalue weighted by molar-refractivity contribution is -0.123. The van der Waals surface area contributed by atoms with Gasteiger partial charge in [-0.15, -0.1) is 0 Å². The normalized spacial score (nSPS) is 25.5. The van der Waals surface area contributed by atoms with Gasteiger partial charge in [0.15, 0.2) is 0 Å². The van der Waals surface area contributed by atoms with Crippen LogP contribution in [0.2, 0.25) is 0 Å². The van der Waals surface area contributed by atoms with Crippen LogP contribution in [0, 0.1) is 0 Å². The van der Waals surface area contributed by atoms with E-state index in [0.717, 1.165) is 19.3 Å². The average molecular weight is 367 g/mol. The highest BCUT2D eigenvalue weighted by Crippen LogP contribution is 2.23. The highest BCUT2D eigenvalue weighted by Gasteiger charge is 2.29. The number of hydrogen-bond acceptors (Lipinski definition) is 5. The van der Waals surface area contributed by atoms with Gasteiger partial charge >= 0.3 is 0 Å². The monoisotopic (exact) mass is 367 g/mol. The largest absolute Gasteiger partial charge is 0.375 e. The fourth-order valence-corrected chi connectivity index (χ4v) is 4.80. The highest BCUT2D eigenvalue weighted by atomic mass is 32.2. The Hall–Kier alpha value is -1.48. The minimum Gasteiger partial charge on any atom is -0.375 e. The maximum atomic E-state index is 12.8. The molecule has 8 heteroatoms. The van der Waals surface area contributed by atoms with Crippen molar-refractivity contribution in [1.29, 1.82) is 0 Å². The second-order valence-corrected chi connectivity index (χ2v) is 8.43. The summed E-state index contributed by atoms with van der Waals surface area (Å²) >= 11 is 0. The summed E-state index contributed by atoms with van der Waals surface area (Å²) < 4.78 is 32.5. The summed E-state index contributed by atoms with van der Waals surface area (Å²) in [6, 6.07) is 6.00. The third-order valence-corrected chi connectivity index (χ3v) is 6.55. The Morgan fingerprint density at radius 1 is 1.28 bits per heavy atom. The van der Waals surface area contributed by atoms with Crippen molar-refractivity contribution in [2.24, 2.45) is 0 Å². The molecule has 25 heavy (non-hydrogen) atoms. The lowest BCUT2D eigenvalue weighted by Crippen LogP contribution is -2.53. The van der Waals surface area contributed by atoms with Crippen LogP contribution in [0.25, 0.3) is 0 Å². The summed E-state index contributed by atoms with van der Waals surface area (Å²) in [7, 11) is -3.51. The molecule has 0 aliphatic carbocycles. The third kappa shape index (κ3) is 4.20. The first-order chi connectivity index (χ1) is 12.0. The van der Waals surface area contributed by atoms with E-state index in [1.54, 1.807) is 18.2 Å². The molecule has 0 unspecified atom stereocenters. The van der Waals surface area contributed by atoms with Crippen LogP contribution < -0.4 is 10.6 Å². The molecule has 2 heterocycles. The average Bonchev–Trinajstić information content (AvgIpc) is 2.63. The lowest BCUT2D eigenvalue weighted by atomic mass is 10.1. The smallest absolute Gasteiger partial charge is 0.244 e. The first-order valence-electron chi connectivity index (χ1n) is 8.74. The number of nitrogens with one attached hydrogen (secondary N) is 2. The van der Waals surface area contributed by atoms with Gasteiger partial charge in [-0.2, -0.15) is 4.31 Å². The Labute approximate surface area is 148 Å². The number of sulfonamides is 1. The Balaban J connectivity index is 1.73. The number of benzene rings is 1. The van der Waals surface area contributed by atoms with E-state index >= 15 is 0 Å². The zero-order chi connectivity index (χ0) is 17.9. The van der Waals surface area contributed by atoms with Crippen molar-refractivity contribution in [1.82, 2.24) is 9.62 Å². The second-order valence-electron chi connectivity index (χ2n) is 6.49. The molecule has 2 fully saturated rings. The molecule has 0 radical (unpaired) electrons. The number of rotatable bonds is 4. The maximum Gasteiger partial charge on any atom is 0.244 e. The zero-order valence-electron chi connectivity index (χ0n) is 14.4. The van der Waals surface area contributed by atoms with Crippen molar-refractivity contribution < 1.29 is 17.9 Å². The molecule has 2 saturated heterocycles. The molecule has 7 nitrogen and oxygen atoms in total. The van der Waals surface area contributed by atoms with Gasteiger partial charge in [-0.3, -0.25) is 4.79 Å². The summed E-state index contributed by atoms with van der Waals surface area (Å²) in [5.41, 5.74) is 0.475. The molecule has 0 spiro atoms. The van der Waals surface area contributed by atoms with E-state index in [1.165, 1.54) is 10.4 Å². The number of anilines is 1. The first kappa shape index (κ1) is 18.3. The molecule has 1 aromatic rings. The minimum absolute atomic E-state index is 0.216. The number of hydrogen-bond donors (Lipinski definition) is 2. The van der Waals surface area contributed by atoms with Crippen LogP contribution in [0.4, 0.5) is 5.69 Å². The number of morpholine rings is 1. The van der Waals surface area contributed by atoms with E-state index in [2.05, 4.69) is 10.6 Å². The van der Waals surface area contributed by atoms with Crippen LogP contribution in [0.15, 0.2) is 29.2 Å². The van der Waals surface area contributed by atoms with E-state index in [4.69, 9.17) is 4.74 Å². The zero-order valence-corrected chi connectivity index (χ0v) is 15.2. The van der Waals surface area contributed by atoms with Crippen LogP contribution >= 0.6 is 0 Å². The highest BCUT2D eigenvalue weighted by molar-refractivity contribution is 7.89. The SMILES string of the molecule is C[C@H]1OCCN[C@@H]1C(=O)Nc1cccc(S(=O)(=O)N2CCCCC2)c1. The van der Waals surface area contributed by atoms with Crippen molar-refractivity contribution in [2.45, 2.75) is 43.2 Å². The Morgan fingerprint density at radius 3 is 2.76 bits per heavy atom. The van der Waals surface area contributed by atoms with Gasteiger partial charge in [0.25, 0.3) is 0 Å². The second kappa shape index (κ2) is 7.82. The fourth-order valence-electron chi connectivity index (χ4n) is 3.24. The van der Waals surface area contributed by atoms with Gasteiger partial charge in [0.05, 0.1) is 17.6 Å². The van der Waals surface area contributed by atoms with Crippen LogP contribution in [0.3, 0.4) is 0 Å². The summed E-state index contributed by atoms with van der Waals surface area (Å²) in [6.45, 7) is 4.15. The number of carbonyl (C=O) groups is 1. The molecule has 0 bridgehead atoms. The molecule has 0 aromatic heterocycles. The molecular weight excluding hydrogens is 342 g/mol. The standard InChI is InChI=1S/C17H25N3O4S/c1-13-16(18-8-11-24-13)17(21)19-14-6-5-7-15(12-14)25(22,23)20-9-3-2-4-10-20/h5-7,12-13,16,18H,2-4,8-11H2,1H3,(H,19,21)/t13-,16+/m1/s1. The number of amides is 1. The molecule has 2 N–H and O–H groups in total. The number of ether oxygens (including phenoxy) is 1. The number of nitrogens with zero attached hydrogens (tertiary/aromatic N) is 1. The molecule has 2 aliphatic rings. The quantitative estimate of drug-likeness (QED) is 0.834. The van der Waals surface area contributed by atoms with E-state index in [0.29, 0.717) is 31.9 Å². The molecule has 1 aromatic carbocycles. The van der Waals surface area contributed by atoms with E-state index in [1.807, 2.05) is 6.92 Å².